The summed E-state index contributed by atoms with van der Waals surface area (Å²) in [5.74, 6) is -1.08. The van der Waals surface area contributed by atoms with E-state index < -0.39 is 5.97 Å². The number of aliphatic carboxylic acids is 1. The second-order valence-electron chi connectivity index (χ2n) is 6.11. The lowest BCUT2D eigenvalue weighted by Gasteiger charge is -2.42. The van der Waals surface area contributed by atoms with Crippen LogP contribution in [-0.2, 0) is 4.79 Å². The molecular formula is C17H21N5O3. The van der Waals surface area contributed by atoms with Gasteiger partial charge >= 0.3 is 5.97 Å². The van der Waals surface area contributed by atoms with Crippen molar-refractivity contribution < 1.29 is 14.7 Å². The summed E-state index contributed by atoms with van der Waals surface area (Å²) >= 11 is 0. The van der Waals surface area contributed by atoms with Crippen molar-refractivity contribution in [1.29, 1.82) is 0 Å². The van der Waals surface area contributed by atoms with Crippen LogP contribution >= 0.6 is 0 Å². The zero-order valence-corrected chi connectivity index (χ0v) is 14.0. The Hall–Kier alpha value is -2.74. The summed E-state index contributed by atoms with van der Waals surface area (Å²) in [6.07, 6.45) is 2.95. The molecule has 132 valence electrons. The standard InChI is InChI=1S/C17H21N5O3/c1-2-21(11-16(23)24)14-8-12(9-14)19-17(25)15-10-18-22(20-15)13-6-4-3-5-7-13/h3-7,10,12,14H,2,8-9,11H2,1H3,(H,19,25)(H,23,24). The second kappa shape index (κ2) is 7.43. The number of aromatic nitrogens is 3. The Kier molecular flexibility index (Phi) is 5.08. The lowest BCUT2D eigenvalue weighted by Crippen LogP contribution is -2.54. The summed E-state index contributed by atoms with van der Waals surface area (Å²) in [6, 6.07) is 9.62. The lowest BCUT2D eigenvalue weighted by molar-refractivity contribution is -0.139. The minimum absolute atomic E-state index is 0.0350. The first-order valence-electron chi connectivity index (χ1n) is 8.31. The van der Waals surface area contributed by atoms with E-state index in [0.29, 0.717) is 6.54 Å². The molecule has 1 aliphatic carbocycles. The topological polar surface area (TPSA) is 100 Å². The lowest BCUT2D eigenvalue weighted by atomic mass is 9.85. The molecule has 0 aliphatic heterocycles. The molecular weight excluding hydrogens is 322 g/mol. The molecule has 0 bridgehead atoms. The zero-order chi connectivity index (χ0) is 17.8. The molecule has 8 nitrogen and oxygen atoms in total. The summed E-state index contributed by atoms with van der Waals surface area (Å²) in [4.78, 5) is 26.5. The van der Waals surface area contributed by atoms with Crippen LogP contribution in [0.25, 0.3) is 5.69 Å². The van der Waals surface area contributed by atoms with Crippen molar-refractivity contribution in [2.45, 2.75) is 31.8 Å². The number of carbonyl (C=O) groups excluding carboxylic acids is 1. The number of hydrogen-bond donors (Lipinski definition) is 2. The molecule has 1 aromatic heterocycles. The highest BCUT2D eigenvalue weighted by Crippen LogP contribution is 2.25. The van der Waals surface area contributed by atoms with Crippen LogP contribution < -0.4 is 5.32 Å². The highest BCUT2D eigenvalue weighted by molar-refractivity contribution is 5.92. The molecule has 0 unspecified atom stereocenters. The summed E-state index contributed by atoms with van der Waals surface area (Å²) in [5, 5.41) is 20.2. The number of amides is 1. The van der Waals surface area contributed by atoms with Gasteiger partial charge in [0, 0.05) is 12.1 Å². The van der Waals surface area contributed by atoms with Crippen molar-refractivity contribution in [2.75, 3.05) is 13.1 Å². The van der Waals surface area contributed by atoms with Crippen molar-refractivity contribution in [2.24, 2.45) is 0 Å². The molecule has 2 aromatic rings. The zero-order valence-electron chi connectivity index (χ0n) is 14.0. The van der Waals surface area contributed by atoms with Gasteiger partial charge in [-0.25, -0.2) is 0 Å². The number of carbonyl (C=O) groups is 2. The predicted octanol–water partition coefficient (Wildman–Crippen LogP) is 0.935. The van der Waals surface area contributed by atoms with Gasteiger partial charge in [-0.1, -0.05) is 25.1 Å². The van der Waals surface area contributed by atoms with Crippen LogP contribution in [0.2, 0.25) is 0 Å². The molecule has 1 saturated carbocycles. The molecule has 0 spiro atoms. The van der Waals surface area contributed by atoms with E-state index in [1.165, 1.54) is 11.0 Å². The van der Waals surface area contributed by atoms with Crippen molar-refractivity contribution in [1.82, 2.24) is 25.2 Å². The fourth-order valence-electron chi connectivity index (χ4n) is 2.99. The first-order valence-corrected chi connectivity index (χ1v) is 8.31. The molecule has 2 N–H and O–H groups in total. The van der Waals surface area contributed by atoms with Crippen LogP contribution in [0.1, 0.15) is 30.3 Å². The van der Waals surface area contributed by atoms with Gasteiger partial charge in [0.1, 0.15) is 0 Å². The first kappa shape index (κ1) is 17.1. The third-order valence-corrected chi connectivity index (χ3v) is 4.42. The fraction of sp³-hybridized carbons (Fsp3) is 0.412. The average Bonchev–Trinajstić information content (AvgIpc) is 3.06. The molecule has 1 amide bonds. The van der Waals surface area contributed by atoms with E-state index in [9.17, 15) is 9.59 Å². The van der Waals surface area contributed by atoms with E-state index >= 15 is 0 Å². The number of nitrogens with zero attached hydrogens (tertiary/aromatic N) is 4. The SMILES string of the molecule is CCN(CC(=O)O)C1CC(NC(=O)c2cnn(-c3ccccc3)n2)C1. The number of carboxylic acid groups (broad SMARTS) is 1. The molecule has 1 fully saturated rings. The smallest absolute Gasteiger partial charge is 0.317 e. The normalized spacial score (nSPS) is 19.4. The van der Waals surface area contributed by atoms with Gasteiger partial charge in [-0.3, -0.25) is 14.5 Å². The number of para-hydroxylation sites is 1. The van der Waals surface area contributed by atoms with E-state index in [4.69, 9.17) is 5.11 Å². The van der Waals surface area contributed by atoms with E-state index in [1.54, 1.807) is 0 Å². The molecule has 1 aliphatic rings. The van der Waals surface area contributed by atoms with Crippen molar-refractivity contribution >= 4 is 11.9 Å². The number of hydrogen-bond acceptors (Lipinski definition) is 5. The molecule has 0 saturated heterocycles. The van der Waals surface area contributed by atoms with Gasteiger partial charge in [-0.05, 0) is 31.5 Å². The van der Waals surface area contributed by atoms with Crippen molar-refractivity contribution in [3.05, 3.63) is 42.2 Å². The van der Waals surface area contributed by atoms with E-state index in [0.717, 1.165) is 18.5 Å². The molecule has 1 heterocycles. The van der Waals surface area contributed by atoms with Crippen molar-refractivity contribution in [3.63, 3.8) is 0 Å². The average molecular weight is 343 g/mol. The first-order chi connectivity index (χ1) is 12.1. The van der Waals surface area contributed by atoms with Gasteiger partial charge in [-0.2, -0.15) is 9.90 Å². The van der Waals surface area contributed by atoms with Crippen molar-refractivity contribution in [3.8, 4) is 5.69 Å². The number of rotatable bonds is 7. The fourth-order valence-corrected chi connectivity index (χ4v) is 2.99. The Morgan fingerprint density at radius 2 is 2.04 bits per heavy atom. The van der Waals surface area contributed by atoms with Gasteiger partial charge in [0.05, 0.1) is 18.4 Å². The van der Waals surface area contributed by atoms with Crippen LogP contribution in [0.15, 0.2) is 36.5 Å². The van der Waals surface area contributed by atoms with E-state index in [1.807, 2.05) is 42.2 Å². The maximum absolute atomic E-state index is 12.3. The molecule has 25 heavy (non-hydrogen) atoms. The maximum atomic E-state index is 12.3. The summed E-state index contributed by atoms with van der Waals surface area (Å²) in [6.45, 7) is 2.66. The van der Waals surface area contributed by atoms with Crippen LogP contribution in [0, 0.1) is 0 Å². The maximum Gasteiger partial charge on any atom is 0.317 e. The molecule has 3 rings (SSSR count). The van der Waals surface area contributed by atoms with E-state index in [-0.39, 0.29) is 30.2 Å². The minimum atomic E-state index is -0.827. The van der Waals surface area contributed by atoms with Gasteiger partial charge < -0.3 is 10.4 Å². The monoisotopic (exact) mass is 343 g/mol. The Morgan fingerprint density at radius 1 is 1.32 bits per heavy atom. The Bertz CT molecular complexity index is 740. The van der Waals surface area contributed by atoms with Crippen LogP contribution in [0.3, 0.4) is 0 Å². The quantitative estimate of drug-likeness (QED) is 0.776. The molecule has 1 aromatic carbocycles. The highest BCUT2D eigenvalue weighted by atomic mass is 16.4. The molecule has 0 radical (unpaired) electrons. The minimum Gasteiger partial charge on any atom is -0.480 e. The molecule has 8 heteroatoms. The number of carboxylic acids is 1. The Morgan fingerprint density at radius 3 is 2.68 bits per heavy atom. The summed E-state index contributed by atoms with van der Waals surface area (Å²) in [5.41, 5.74) is 1.06. The highest BCUT2D eigenvalue weighted by Gasteiger charge is 2.35. The largest absolute Gasteiger partial charge is 0.480 e. The third kappa shape index (κ3) is 4.03. The second-order valence-corrected chi connectivity index (χ2v) is 6.11. The van der Waals surface area contributed by atoms with Gasteiger partial charge in [-0.15, -0.1) is 5.10 Å². The molecule has 0 atom stereocenters. The van der Waals surface area contributed by atoms with Gasteiger partial charge in [0.25, 0.3) is 5.91 Å². The number of benzene rings is 1. The third-order valence-electron chi connectivity index (χ3n) is 4.42. The van der Waals surface area contributed by atoms with Crippen LogP contribution in [0.4, 0.5) is 0 Å². The van der Waals surface area contributed by atoms with Crippen LogP contribution in [0.5, 0.6) is 0 Å². The van der Waals surface area contributed by atoms with Gasteiger partial charge in [0.2, 0.25) is 0 Å². The summed E-state index contributed by atoms with van der Waals surface area (Å²) < 4.78 is 0. The summed E-state index contributed by atoms with van der Waals surface area (Å²) in [7, 11) is 0. The van der Waals surface area contributed by atoms with Gasteiger partial charge in [0.15, 0.2) is 5.69 Å². The number of likely N-dealkylation sites (N-methyl/N-ethyl adjacent to an activating group) is 1. The van der Waals surface area contributed by atoms with E-state index in [2.05, 4.69) is 15.5 Å². The predicted molar refractivity (Wildman–Crippen MR) is 90.5 cm³/mol. The Balaban J connectivity index is 1.53. The van der Waals surface area contributed by atoms with Crippen LogP contribution in [-0.4, -0.2) is 62.0 Å². The Labute approximate surface area is 145 Å². The number of nitrogens with one attached hydrogen (secondary N) is 1.